The zero-order valence-electron chi connectivity index (χ0n) is 12.1. The van der Waals surface area contributed by atoms with Crippen molar-refractivity contribution in [3.8, 4) is 0 Å². The highest BCUT2D eigenvalue weighted by Gasteiger charge is 2.32. The summed E-state index contributed by atoms with van der Waals surface area (Å²) in [5, 5.41) is 2.55. The van der Waals surface area contributed by atoms with Gasteiger partial charge >= 0.3 is 11.8 Å². The molecule has 3 rings (SSSR count). The van der Waals surface area contributed by atoms with Crippen LogP contribution in [0, 0.1) is 0 Å². The first kappa shape index (κ1) is 15.0. The van der Waals surface area contributed by atoms with Crippen LogP contribution < -0.4 is 5.32 Å². The van der Waals surface area contributed by atoms with Crippen molar-refractivity contribution in [2.45, 2.75) is 25.4 Å². The maximum absolute atomic E-state index is 12.2. The molecule has 2 amide bonds. The van der Waals surface area contributed by atoms with Gasteiger partial charge in [0, 0.05) is 19.1 Å². The first-order valence-corrected chi connectivity index (χ1v) is 9.14. The van der Waals surface area contributed by atoms with E-state index < -0.39 is 27.7 Å². The van der Waals surface area contributed by atoms with E-state index in [1.54, 1.807) is 0 Å². The number of benzene rings is 1. The average molecular weight is 322 g/mol. The van der Waals surface area contributed by atoms with Gasteiger partial charge in [-0.15, -0.1) is 0 Å². The summed E-state index contributed by atoms with van der Waals surface area (Å²) in [4.78, 5) is 25.8. The quantitative estimate of drug-likeness (QED) is 0.730. The van der Waals surface area contributed by atoms with Crippen molar-refractivity contribution < 1.29 is 18.0 Å². The standard InChI is InChI=1S/C15H18N2O4S/c18-14(16-13-6-8-22(20,21)10-13)15(19)17-7-5-11-3-1-2-4-12(11)9-17/h1-4,13H,5-10H2,(H,16,18). The predicted octanol–water partition coefficient (Wildman–Crippen LogP) is -0.125. The number of hydrogen-bond donors (Lipinski definition) is 1. The normalized spacial score (nSPS) is 22.9. The van der Waals surface area contributed by atoms with Crippen LogP contribution in [0.2, 0.25) is 0 Å². The Labute approximate surface area is 129 Å². The fourth-order valence-electron chi connectivity index (χ4n) is 2.97. The lowest BCUT2D eigenvalue weighted by atomic mass is 10.00. The second-order valence-electron chi connectivity index (χ2n) is 5.82. The highest BCUT2D eigenvalue weighted by atomic mass is 32.2. The smallest absolute Gasteiger partial charge is 0.312 e. The third-order valence-corrected chi connectivity index (χ3v) is 5.95. The highest BCUT2D eigenvalue weighted by molar-refractivity contribution is 7.91. The second-order valence-corrected chi connectivity index (χ2v) is 8.05. The van der Waals surface area contributed by atoms with Crippen LogP contribution in [-0.2, 0) is 32.4 Å². The Morgan fingerprint density at radius 2 is 1.91 bits per heavy atom. The number of carbonyl (C=O) groups excluding carboxylic acids is 2. The van der Waals surface area contributed by atoms with E-state index in [-0.39, 0.29) is 11.5 Å². The molecule has 0 radical (unpaired) electrons. The second kappa shape index (κ2) is 5.72. The van der Waals surface area contributed by atoms with Crippen LogP contribution in [0.15, 0.2) is 24.3 Å². The van der Waals surface area contributed by atoms with E-state index in [2.05, 4.69) is 5.32 Å². The van der Waals surface area contributed by atoms with E-state index in [4.69, 9.17) is 0 Å². The van der Waals surface area contributed by atoms with Gasteiger partial charge in [0.05, 0.1) is 11.5 Å². The molecule has 0 spiro atoms. The zero-order chi connectivity index (χ0) is 15.7. The zero-order valence-corrected chi connectivity index (χ0v) is 12.9. The summed E-state index contributed by atoms with van der Waals surface area (Å²) in [5.74, 6) is -1.29. The number of hydrogen-bond acceptors (Lipinski definition) is 4. The molecule has 2 aliphatic rings. The van der Waals surface area contributed by atoms with Crippen molar-refractivity contribution in [3.63, 3.8) is 0 Å². The molecule has 1 N–H and O–H groups in total. The topological polar surface area (TPSA) is 83.5 Å². The lowest BCUT2D eigenvalue weighted by Gasteiger charge is -2.28. The molecule has 22 heavy (non-hydrogen) atoms. The molecule has 0 saturated carbocycles. The van der Waals surface area contributed by atoms with Crippen LogP contribution in [0.4, 0.5) is 0 Å². The lowest BCUT2D eigenvalue weighted by molar-refractivity contribution is -0.146. The van der Waals surface area contributed by atoms with E-state index in [9.17, 15) is 18.0 Å². The molecule has 1 aromatic rings. The highest BCUT2D eigenvalue weighted by Crippen LogP contribution is 2.18. The Hall–Kier alpha value is -1.89. The van der Waals surface area contributed by atoms with Crippen molar-refractivity contribution in [3.05, 3.63) is 35.4 Å². The van der Waals surface area contributed by atoms with Crippen molar-refractivity contribution >= 4 is 21.7 Å². The fraction of sp³-hybridized carbons (Fsp3) is 0.467. The summed E-state index contributed by atoms with van der Waals surface area (Å²) < 4.78 is 22.8. The molecular weight excluding hydrogens is 304 g/mol. The summed E-state index contributed by atoms with van der Waals surface area (Å²) in [7, 11) is -3.07. The van der Waals surface area contributed by atoms with Gasteiger partial charge in [-0.25, -0.2) is 8.42 Å². The minimum absolute atomic E-state index is 0.0726. The number of nitrogens with one attached hydrogen (secondary N) is 1. The largest absolute Gasteiger partial charge is 0.344 e. The number of sulfone groups is 1. The van der Waals surface area contributed by atoms with Crippen molar-refractivity contribution in [1.29, 1.82) is 0 Å². The third kappa shape index (κ3) is 3.14. The number of fused-ring (bicyclic) bond motifs is 1. The van der Waals surface area contributed by atoms with Gasteiger partial charge in [-0.1, -0.05) is 24.3 Å². The minimum atomic E-state index is -3.07. The van der Waals surface area contributed by atoms with Gasteiger partial charge in [-0.2, -0.15) is 0 Å². The Morgan fingerprint density at radius 1 is 1.18 bits per heavy atom. The molecule has 1 atom stereocenters. The molecule has 2 aliphatic heterocycles. The SMILES string of the molecule is O=C(NC1CCS(=O)(=O)C1)C(=O)N1CCc2ccccc2C1. The summed E-state index contributed by atoms with van der Waals surface area (Å²) in [6.45, 7) is 0.928. The van der Waals surface area contributed by atoms with Crippen LogP contribution in [0.1, 0.15) is 17.5 Å². The van der Waals surface area contributed by atoms with Gasteiger partial charge in [0.2, 0.25) is 0 Å². The lowest BCUT2D eigenvalue weighted by Crippen LogP contribution is -2.48. The molecule has 7 heteroatoms. The summed E-state index contributed by atoms with van der Waals surface area (Å²) in [6.07, 6.45) is 1.11. The number of rotatable bonds is 1. The molecule has 0 aliphatic carbocycles. The molecule has 0 bridgehead atoms. The molecule has 1 aromatic carbocycles. The number of nitrogens with zero attached hydrogens (tertiary/aromatic N) is 1. The number of amides is 2. The van der Waals surface area contributed by atoms with Crippen LogP contribution in [-0.4, -0.2) is 49.2 Å². The van der Waals surface area contributed by atoms with Gasteiger partial charge in [0.1, 0.15) is 0 Å². The van der Waals surface area contributed by atoms with E-state index in [0.717, 1.165) is 12.0 Å². The molecule has 1 saturated heterocycles. The third-order valence-electron chi connectivity index (χ3n) is 4.18. The van der Waals surface area contributed by atoms with E-state index >= 15 is 0 Å². The van der Waals surface area contributed by atoms with Crippen LogP contribution in [0.25, 0.3) is 0 Å². The fourth-order valence-corrected chi connectivity index (χ4v) is 4.64. The summed E-state index contributed by atoms with van der Waals surface area (Å²) in [5.41, 5.74) is 2.26. The van der Waals surface area contributed by atoms with Crippen molar-refractivity contribution in [2.75, 3.05) is 18.1 Å². The molecule has 1 unspecified atom stereocenters. The van der Waals surface area contributed by atoms with Crippen molar-refractivity contribution in [2.24, 2.45) is 0 Å². The molecular formula is C15H18N2O4S. The van der Waals surface area contributed by atoms with Gasteiger partial charge in [0.15, 0.2) is 9.84 Å². The molecule has 1 fully saturated rings. The van der Waals surface area contributed by atoms with Gasteiger partial charge < -0.3 is 10.2 Å². The van der Waals surface area contributed by atoms with Gasteiger partial charge in [-0.05, 0) is 24.0 Å². The van der Waals surface area contributed by atoms with Crippen LogP contribution in [0.5, 0.6) is 0 Å². The molecule has 0 aromatic heterocycles. The van der Waals surface area contributed by atoms with E-state index in [0.29, 0.717) is 19.5 Å². The number of carbonyl (C=O) groups is 2. The van der Waals surface area contributed by atoms with E-state index in [1.807, 2.05) is 24.3 Å². The first-order chi connectivity index (χ1) is 10.4. The van der Waals surface area contributed by atoms with E-state index in [1.165, 1.54) is 10.5 Å². The van der Waals surface area contributed by atoms with Gasteiger partial charge in [0.25, 0.3) is 0 Å². The Morgan fingerprint density at radius 3 is 2.59 bits per heavy atom. The maximum Gasteiger partial charge on any atom is 0.312 e. The average Bonchev–Trinajstić information content (AvgIpc) is 2.84. The Bertz CT molecular complexity index is 714. The maximum atomic E-state index is 12.2. The summed E-state index contributed by atoms with van der Waals surface area (Å²) in [6, 6.07) is 7.41. The molecule has 118 valence electrons. The van der Waals surface area contributed by atoms with Gasteiger partial charge in [-0.3, -0.25) is 9.59 Å². The summed E-state index contributed by atoms with van der Waals surface area (Å²) >= 11 is 0. The first-order valence-electron chi connectivity index (χ1n) is 7.31. The van der Waals surface area contributed by atoms with Crippen LogP contribution >= 0.6 is 0 Å². The Kier molecular flexibility index (Phi) is 3.90. The monoisotopic (exact) mass is 322 g/mol. The predicted molar refractivity (Wildman–Crippen MR) is 80.8 cm³/mol. The molecule has 6 nitrogen and oxygen atoms in total. The molecule has 2 heterocycles. The van der Waals surface area contributed by atoms with Crippen molar-refractivity contribution in [1.82, 2.24) is 10.2 Å². The Balaban J connectivity index is 1.61. The van der Waals surface area contributed by atoms with Crippen LogP contribution in [0.3, 0.4) is 0 Å². The minimum Gasteiger partial charge on any atom is -0.344 e.